The number of nitrogens with zero attached hydrogens (tertiary/aromatic N) is 3. The summed E-state index contributed by atoms with van der Waals surface area (Å²) < 4.78 is 0. The highest BCUT2D eigenvalue weighted by molar-refractivity contribution is 6.04. The van der Waals surface area contributed by atoms with Gasteiger partial charge in [0.25, 0.3) is 0 Å². The number of carbonyl (C=O) groups is 2. The monoisotopic (exact) mass is 333 g/mol. The fraction of sp³-hybridized carbons (Fsp3) is 0.556. The van der Waals surface area contributed by atoms with E-state index in [0.29, 0.717) is 31.6 Å². The average Bonchev–Trinajstić information content (AvgIpc) is 2.57. The van der Waals surface area contributed by atoms with Gasteiger partial charge in [-0.2, -0.15) is 0 Å². The smallest absolute Gasteiger partial charge is 0.237 e. The third-order valence-corrected chi connectivity index (χ3v) is 4.68. The predicted octanol–water partition coefficient (Wildman–Crippen LogP) is 0.980. The molecule has 6 heteroatoms. The fourth-order valence-corrected chi connectivity index (χ4v) is 2.86. The number of allylic oxidation sites excluding steroid dienone is 2. The summed E-state index contributed by atoms with van der Waals surface area (Å²) in [6, 6.07) is 0. The van der Waals surface area contributed by atoms with Crippen molar-refractivity contribution in [2.75, 3.05) is 52.9 Å². The number of aliphatic hydroxyl groups excluding tert-OH is 1. The number of likely N-dealkylation sites (tertiary alicyclic amines) is 1. The lowest BCUT2D eigenvalue weighted by atomic mass is 9.96. The Labute approximate surface area is 143 Å². The molecule has 0 atom stereocenters. The third kappa shape index (κ3) is 4.79. The molecule has 0 aromatic rings. The lowest BCUT2D eigenvalue weighted by Gasteiger charge is -2.35. The Balaban J connectivity index is 1.88. The molecule has 0 bridgehead atoms. The van der Waals surface area contributed by atoms with Gasteiger partial charge in [-0.15, -0.1) is 0 Å². The number of hydrogen-bond donors (Lipinski definition) is 1. The fourth-order valence-electron chi connectivity index (χ4n) is 2.86. The zero-order valence-electron chi connectivity index (χ0n) is 14.6. The van der Waals surface area contributed by atoms with Crippen molar-refractivity contribution in [2.45, 2.75) is 13.3 Å². The molecule has 0 aromatic carbocycles. The van der Waals surface area contributed by atoms with Crippen molar-refractivity contribution in [1.82, 2.24) is 14.7 Å². The van der Waals surface area contributed by atoms with E-state index in [4.69, 9.17) is 5.11 Å². The predicted molar refractivity (Wildman–Crippen MR) is 93.7 cm³/mol. The summed E-state index contributed by atoms with van der Waals surface area (Å²) in [4.78, 5) is 30.6. The van der Waals surface area contributed by atoms with Crippen molar-refractivity contribution in [3.63, 3.8) is 0 Å². The molecule has 2 aliphatic heterocycles. The number of ketones is 1. The van der Waals surface area contributed by atoms with E-state index in [0.717, 1.165) is 43.6 Å². The van der Waals surface area contributed by atoms with Gasteiger partial charge >= 0.3 is 0 Å². The second-order valence-electron chi connectivity index (χ2n) is 6.59. The van der Waals surface area contributed by atoms with Crippen LogP contribution in [0.15, 0.2) is 35.6 Å². The summed E-state index contributed by atoms with van der Waals surface area (Å²) in [6.45, 7) is 10.9. The normalized spacial score (nSPS) is 22.9. The molecule has 2 saturated heterocycles. The number of hydrogen-bond acceptors (Lipinski definition) is 5. The van der Waals surface area contributed by atoms with Crippen molar-refractivity contribution >= 4 is 11.7 Å². The third-order valence-electron chi connectivity index (χ3n) is 4.68. The van der Waals surface area contributed by atoms with Crippen molar-refractivity contribution in [3.05, 3.63) is 35.6 Å². The van der Waals surface area contributed by atoms with Crippen LogP contribution in [0, 0.1) is 0 Å². The van der Waals surface area contributed by atoms with Crippen LogP contribution in [0.2, 0.25) is 0 Å². The number of rotatable bonds is 4. The molecule has 0 aromatic heterocycles. The largest absolute Gasteiger partial charge is 0.515 e. The minimum atomic E-state index is -0.217. The number of piperazine rings is 1. The van der Waals surface area contributed by atoms with Gasteiger partial charge in [0.1, 0.15) is 0 Å². The zero-order valence-corrected chi connectivity index (χ0v) is 14.6. The van der Waals surface area contributed by atoms with Gasteiger partial charge in [-0.1, -0.05) is 6.58 Å². The molecule has 0 spiro atoms. The van der Waals surface area contributed by atoms with Gasteiger partial charge in [0, 0.05) is 44.8 Å². The van der Waals surface area contributed by atoms with Crippen LogP contribution in [0.25, 0.3) is 0 Å². The number of likely N-dealkylation sites (N-methyl/N-ethyl adjacent to an activating group) is 1. The molecule has 0 aliphatic carbocycles. The number of carbonyl (C=O) groups excluding carboxylic acids is 2. The van der Waals surface area contributed by atoms with Crippen molar-refractivity contribution < 1.29 is 14.7 Å². The van der Waals surface area contributed by atoms with E-state index in [1.165, 1.54) is 6.08 Å². The van der Waals surface area contributed by atoms with Crippen molar-refractivity contribution in [1.29, 1.82) is 0 Å². The Morgan fingerprint density at radius 1 is 1.21 bits per heavy atom. The summed E-state index contributed by atoms with van der Waals surface area (Å²) in [7, 11) is 2.09. The van der Waals surface area contributed by atoms with Crippen LogP contribution in [-0.2, 0) is 9.59 Å². The van der Waals surface area contributed by atoms with Crippen molar-refractivity contribution in [3.8, 4) is 0 Å². The van der Waals surface area contributed by atoms with Gasteiger partial charge in [0.2, 0.25) is 5.91 Å². The Kier molecular flexibility index (Phi) is 6.34. The minimum absolute atomic E-state index is 0.123. The van der Waals surface area contributed by atoms with E-state index in [1.807, 2.05) is 4.90 Å². The molecule has 6 nitrogen and oxygen atoms in total. The first kappa shape index (κ1) is 18.4. The van der Waals surface area contributed by atoms with Crippen LogP contribution >= 0.6 is 0 Å². The molecule has 2 fully saturated rings. The van der Waals surface area contributed by atoms with Gasteiger partial charge in [-0.3, -0.25) is 14.5 Å². The van der Waals surface area contributed by atoms with Gasteiger partial charge in [0.15, 0.2) is 5.78 Å². The number of aliphatic hydroxyl groups is 1. The molecular formula is C18H27N3O3. The first-order valence-corrected chi connectivity index (χ1v) is 8.33. The highest BCUT2D eigenvalue weighted by Crippen LogP contribution is 2.21. The second kappa shape index (κ2) is 8.26. The summed E-state index contributed by atoms with van der Waals surface area (Å²) in [6.07, 6.45) is 2.96. The maximum atomic E-state index is 12.5. The molecule has 132 valence electrons. The SMILES string of the molecule is C=C1CN(C(=O)CN2CCN(C)CC2)CC/C1=C/C(=O)C(C)=CO. The highest BCUT2D eigenvalue weighted by Gasteiger charge is 2.24. The van der Waals surface area contributed by atoms with Crippen LogP contribution in [-0.4, -0.2) is 84.4 Å². The first-order chi connectivity index (χ1) is 11.4. The molecule has 1 amide bonds. The zero-order chi connectivity index (χ0) is 17.7. The summed E-state index contributed by atoms with van der Waals surface area (Å²) in [5.41, 5.74) is 1.96. The number of amides is 1. The second-order valence-corrected chi connectivity index (χ2v) is 6.59. The Morgan fingerprint density at radius 3 is 2.46 bits per heavy atom. The Hall–Kier alpha value is -1.92. The quantitative estimate of drug-likeness (QED) is 0.614. The van der Waals surface area contributed by atoms with Gasteiger partial charge in [-0.25, -0.2) is 0 Å². The molecule has 2 rings (SSSR count). The van der Waals surface area contributed by atoms with E-state index in [-0.39, 0.29) is 11.7 Å². The summed E-state index contributed by atoms with van der Waals surface area (Å²) in [5, 5.41) is 8.89. The van der Waals surface area contributed by atoms with Crippen LogP contribution in [0.1, 0.15) is 13.3 Å². The molecule has 0 unspecified atom stereocenters. The standard InChI is InChI=1S/C18H27N3O3/c1-14-11-21(5-4-16(14)10-17(23)15(2)13-22)18(24)12-20-8-6-19(3)7-9-20/h10,13,22H,1,4-9,11-12H2,2-3H3/b15-13?,16-10-. The van der Waals surface area contributed by atoms with E-state index < -0.39 is 0 Å². The van der Waals surface area contributed by atoms with Gasteiger partial charge < -0.3 is 14.9 Å². The van der Waals surface area contributed by atoms with Gasteiger partial charge in [-0.05, 0) is 37.6 Å². The Bertz CT molecular complexity index is 572. The van der Waals surface area contributed by atoms with Crippen LogP contribution in [0.5, 0.6) is 0 Å². The number of piperidine rings is 1. The van der Waals surface area contributed by atoms with Gasteiger partial charge in [0.05, 0.1) is 12.8 Å². The van der Waals surface area contributed by atoms with E-state index in [9.17, 15) is 9.59 Å². The molecular weight excluding hydrogens is 306 g/mol. The molecule has 1 N–H and O–H groups in total. The maximum Gasteiger partial charge on any atom is 0.237 e. The lowest BCUT2D eigenvalue weighted by Crippen LogP contribution is -2.49. The molecule has 2 heterocycles. The van der Waals surface area contributed by atoms with Crippen LogP contribution < -0.4 is 0 Å². The maximum absolute atomic E-state index is 12.5. The molecule has 0 saturated carbocycles. The molecule has 2 aliphatic rings. The van der Waals surface area contributed by atoms with E-state index in [2.05, 4.69) is 23.4 Å². The van der Waals surface area contributed by atoms with E-state index >= 15 is 0 Å². The van der Waals surface area contributed by atoms with E-state index in [1.54, 1.807) is 6.92 Å². The summed E-state index contributed by atoms with van der Waals surface area (Å²) >= 11 is 0. The molecule has 0 radical (unpaired) electrons. The highest BCUT2D eigenvalue weighted by atomic mass is 16.2. The average molecular weight is 333 g/mol. The van der Waals surface area contributed by atoms with Crippen molar-refractivity contribution in [2.24, 2.45) is 0 Å². The molecule has 24 heavy (non-hydrogen) atoms. The summed E-state index contributed by atoms with van der Waals surface area (Å²) in [5.74, 6) is -0.0941. The first-order valence-electron chi connectivity index (χ1n) is 8.33. The van der Waals surface area contributed by atoms with Crippen LogP contribution in [0.3, 0.4) is 0 Å². The lowest BCUT2D eigenvalue weighted by molar-refractivity contribution is -0.132. The minimum Gasteiger partial charge on any atom is -0.515 e. The Morgan fingerprint density at radius 2 is 1.88 bits per heavy atom. The van der Waals surface area contributed by atoms with Crippen LogP contribution in [0.4, 0.5) is 0 Å². The topological polar surface area (TPSA) is 64.1 Å².